The first kappa shape index (κ1) is 19.4. The molecule has 2 aromatic carbocycles. The zero-order chi connectivity index (χ0) is 19.4. The number of nitrogens with one attached hydrogen (secondary N) is 1. The maximum atomic E-state index is 12.6. The second-order valence-corrected chi connectivity index (χ2v) is 6.44. The third kappa shape index (κ3) is 4.86. The van der Waals surface area contributed by atoms with Crippen molar-refractivity contribution in [3.05, 3.63) is 58.1 Å². The smallest absolute Gasteiger partial charge is 0.416 e. The number of alkyl halides is 3. The van der Waals surface area contributed by atoms with Crippen molar-refractivity contribution < 1.29 is 27.4 Å². The monoisotopic (exact) mass is 399 g/mol. The fraction of sp³-hybridized carbons (Fsp3) is 0.316. The van der Waals surface area contributed by atoms with Crippen LogP contribution in [0.15, 0.2) is 36.4 Å². The SMILES string of the molecule is O=C(NCCc1ccc(C(F)(F)F)cc1)c1cc(Cl)c2c(c1)OCCCO2. The van der Waals surface area contributed by atoms with E-state index in [-0.39, 0.29) is 12.5 Å². The number of carbonyl (C=O) groups excluding carboxylic acids is 1. The van der Waals surface area contributed by atoms with Gasteiger partial charge in [-0.1, -0.05) is 23.7 Å². The van der Waals surface area contributed by atoms with Crippen molar-refractivity contribution in [2.24, 2.45) is 0 Å². The fourth-order valence-electron chi connectivity index (χ4n) is 2.64. The van der Waals surface area contributed by atoms with Crippen LogP contribution in [0.25, 0.3) is 0 Å². The molecule has 0 atom stereocenters. The summed E-state index contributed by atoms with van der Waals surface area (Å²) >= 11 is 6.17. The highest BCUT2D eigenvalue weighted by Crippen LogP contribution is 2.38. The molecule has 0 saturated carbocycles. The van der Waals surface area contributed by atoms with E-state index < -0.39 is 11.7 Å². The van der Waals surface area contributed by atoms with Crippen LogP contribution in [0.1, 0.15) is 27.9 Å². The van der Waals surface area contributed by atoms with E-state index in [0.29, 0.717) is 47.3 Å². The van der Waals surface area contributed by atoms with E-state index in [9.17, 15) is 18.0 Å². The number of fused-ring (bicyclic) bond motifs is 1. The Morgan fingerprint density at radius 2 is 1.81 bits per heavy atom. The van der Waals surface area contributed by atoms with Gasteiger partial charge in [0.2, 0.25) is 0 Å². The molecule has 0 aromatic heterocycles. The summed E-state index contributed by atoms with van der Waals surface area (Å²) in [6.45, 7) is 1.24. The second-order valence-electron chi connectivity index (χ2n) is 6.04. The summed E-state index contributed by atoms with van der Waals surface area (Å²) < 4.78 is 48.7. The first-order chi connectivity index (χ1) is 12.8. The van der Waals surface area contributed by atoms with E-state index in [1.54, 1.807) is 6.07 Å². The average Bonchev–Trinajstić information content (AvgIpc) is 2.87. The summed E-state index contributed by atoms with van der Waals surface area (Å²) in [6, 6.07) is 7.93. The van der Waals surface area contributed by atoms with Gasteiger partial charge in [-0.15, -0.1) is 0 Å². The van der Waals surface area contributed by atoms with Gasteiger partial charge in [0.05, 0.1) is 23.8 Å². The maximum absolute atomic E-state index is 12.6. The Morgan fingerprint density at radius 3 is 2.52 bits per heavy atom. The predicted molar refractivity (Wildman–Crippen MR) is 94.5 cm³/mol. The zero-order valence-electron chi connectivity index (χ0n) is 14.2. The van der Waals surface area contributed by atoms with Gasteiger partial charge >= 0.3 is 6.18 Å². The minimum absolute atomic E-state index is 0.274. The quantitative estimate of drug-likeness (QED) is 0.823. The van der Waals surface area contributed by atoms with E-state index in [0.717, 1.165) is 18.6 Å². The van der Waals surface area contributed by atoms with E-state index in [1.165, 1.54) is 18.2 Å². The maximum Gasteiger partial charge on any atom is 0.416 e. The van der Waals surface area contributed by atoms with Gasteiger partial charge in [0.1, 0.15) is 0 Å². The predicted octanol–water partition coefficient (Wildman–Crippen LogP) is 4.49. The van der Waals surface area contributed by atoms with Crippen molar-refractivity contribution in [1.29, 1.82) is 0 Å². The molecule has 8 heteroatoms. The van der Waals surface area contributed by atoms with E-state index in [1.807, 2.05) is 0 Å². The van der Waals surface area contributed by atoms with Crippen LogP contribution in [-0.2, 0) is 12.6 Å². The van der Waals surface area contributed by atoms with Crippen LogP contribution >= 0.6 is 11.6 Å². The molecule has 2 aromatic rings. The first-order valence-corrected chi connectivity index (χ1v) is 8.76. The molecule has 0 unspecified atom stereocenters. The lowest BCUT2D eigenvalue weighted by Gasteiger charge is -2.12. The van der Waals surface area contributed by atoms with Gasteiger partial charge in [-0.05, 0) is 36.2 Å². The molecule has 0 bridgehead atoms. The Morgan fingerprint density at radius 1 is 1.11 bits per heavy atom. The molecular formula is C19H17ClF3NO3. The summed E-state index contributed by atoms with van der Waals surface area (Å²) in [5.74, 6) is 0.503. The number of hydrogen-bond donors (Lipinski definition) is 1. The second kappa shape index (κ2) is 8.08. The molecule has 1 aliphatic rings. The number of hydrogen-bond acceptors (Lipinski definition) is 3. The molecule has 1 heterocycles. The largest absolute Gasteiger partial charge is 0.489 e. The van der Waals surface area contributed by atoms with Gasteiger partial charge in [-0.3, -0.25) is 4.79 Å². The highest BCUT2D eigenvalue weighted by molar-refractivity contribution is 6.32. The van der Waals surface area contributed by atoms with Crippen molar-refractivity contribution in [1.82, 2.24) is 5.32 Å². The molecule has 1 aliphatic heterocycles. The Balaban J connectivity index is 1.60. The van der Waals surface area contributed by atoms with Crippen LogP contribution in [0.3, 0.4) is 0 Å². The van der Waals surface area contributed by atoms with Crippen LogP contribution < -0.4 is 14.8 Å². The third-order valence-corrected chi connectivity index (χ3v) is 4.33. The molecule has 1 amide bonds. The van der Waals surface area contributed by atoms with Gasteiger partial charge in [-0.25, -0.2) is 0 Å². The van der Waals surface area contributed by atoms with E-state index in [4.69, 9.17) is 21.1 Å². The van der Waals surface area contributed by atoms with Crippen LogP contribution in [0.5, 0.6) is 11.5 Å². The Bertz CT molecular complexity index is 822. The minimum Gasteiger partial charge on any atom is -0.489 e. The zero-order valence-corrected chi connectivity index (χ0v) is 15.0. The number of ether oxygens (including phenoxy) is 2. The third-order valence-electron chi connectivity index (χ3n) is 4.04. The number of rotatable bonds is 4. The van der Waals surface area contributed by atoms with Crippen molar-refractivity contribution in [2.45, 2.75) is 19.0 Å². The van der Waals surface area contributed by atoms with Crippen molar-refractivity contribution >= 4 is 17.5 Å². The summed E-state index contributed by atoms with van der Waals surface area (Å²) in [7, 11) is 0. The fourth-order valence-corrected chi connectivity index (χ4v) is 2.91. The molecule has 27 heavy (non-hydrogen) atoms. The van der Waals surface area contributed by atoms with Gasteiger partial charge < -0.3 is 14.8 Å². The van der Waals surface area contributed by atoms with Crippen LogP contribution in [-0.4, -0.2) is 25.7 Å². The Hall–Kier alpha value is -2.41. The molecule has 0 spiro atoms. The van der Waals surface area contributed by atoms with Gasteiger partial charge in [0.15, 0.2) is 11.5 Å². The Labute approximate surface area is 159 Å². The molecule has 4 nitrogen and oxygen atoms in total. The lowest BCUT2D eigenvalue weighted by atomic mass is 10.1. The van der Waals surface area contributed by atoms with Crippen molar-refractivity contribution in [2.75, 3.05) is 19.8 Å². The highest BCUT2D eigenvalue weighted by Gasteiger charge is 2.29. The number of amides is 1. The Kier molecular flexibility index (Phi) is 5.79. The average molecular weight is 400 g/mol. The van der Waals surface area contributed by atoms with Crippen LogP contribution in [0.2, 0.25) is 5.02 Å². The topological polar surface area (TPSA) is 47.6 Å². The van der Waals surface area contributed by atoms with E-state index >= 15 is 0 Å². The lowest BCUT2D eigenvalue weighted by Crippen LogP contribution is -2.25. The lowest BCUT2D eigenvalue weighted by molar-refractivity contribution is -0.137. The normalized spacial score (nSPS) is 13.8. The molecule has 0 radical (unpaired) electrons. The minimum atomic E-state index is -4.36. The number of benzene rings is 2. The summed E-state index contributed by atoms with van der Waals surface area (Å²) in [5.41, 5.74) is 0.328. The molecular weight excluding hydrogens is 383 g/mol. The number of carbonyl (C=O) groups is 1. The van der Waals surface area contributed by atoms with E-state index in [2.05, 4.69) is 5.32 Å². The van der Waals surface area contributed by atoms with Crippen molar-refractivity contribution in [3.63, 3.8) is 0 Å². The van der Waals surface area contributed by atoms with Crippen LogP contribution in [0.4, 0.5) is 13.2 Å². The summed E-state index contributed by atoms with van der Waals surface area (Å²) in [5, 5.41) is 3.02. The summed E-state index contributed by atoms with van der Waals surface area (Å²) in [6.07, 6.45) is -3.23. The van der Waals surface area contributed by atoms with Crippen molar-refractivity contribution in [3.8, 4) is 11.5 Å². The molecule has 0 aliphatic carbocycles. The highest BCUT2D eigenvalue weighted by atomic mass is 35.5. The van der Waals surface area contributed by atoms with Gasteiger partial charge in [-0.2, -0.15) is 13.2 Å². The standard InChI is InChI=1S/C19H17ClF3NO3/c20-15-10-13(11-16-17(15)27-9-1-8-26-16)18(25)24-7-6-12-2-4-14(5-3-12)19(21,22)23/h2-5,10-11H,1,6-9H2,(H,24,25). The van der Waals surface area contributed by atoms with Crippen LogP contribution in [0, 0.1) is 0 Å². The summed E-state index contributed by atoms with van der Waals surface area (Å²) in [4.78, 5) is 12.3. The molecule has 0 fully saturated rings. The number of halogens is 4. The van der Waals surface area contributed by atoms with Gasteiger partial charge in [0, 0.05) is 18.5 Å². The molecule has 144 valence electrons. The van der Waals surface area contributed by atoms with Gasteiger partial charge in [0.25, 0.3) is 5.91 Å². The first-order valence-electron chi connectivity index (χ1n) is 8.38. The molecule has 0 saturated heterocycles. The molecule has 1 N–H and O–H groups in total. The molecule has 3 rings (SSSR count).